The molecule has 3 rings (SSSR count). The van der Waals surface area contributed by atoms with Gasteiger partial charge in [-0.15, -0.1) is 0 Å². The molecule has 5 N–H and O–H groups in total. The Labute approximate surface area is 153 Å². The molecule has 2 atom stereocenters. The number of rotatable bonds is 7. The number of ether oxygens (including phenoxy) is 1. The Kier molecular flexibility index (Phi) is 6.26. The van der Waals surface area contributed by atoms with Crippen molar-refractivity contribution >= 4 is 17.7 Å². The monoisotopic (exact) mass is 363 g/mol. The van der Waals surface area contributed by atoms with Crippen molar-refractivity contribution in [3.8, 4) is 0 Å². The quantitative estimate of drug-likeness (QED) is 0.579. The average molecular weight is 363 g/mol. The Bertz CT molecular complexity index is 619. The van der Waals surface area contributed by atoms with Gasteiger partial charge in [-0.3, -0.25) is 4.79 Å². The van der Waals surface area contributed by atoms with E-state index < -0.39 is 5.91 Å². The van der Waals surface area contributed by atoms with Gasteiger partial charge >= 0.3 is 0 Å². The van der Waals surface area contributed by atoms with Crippen molar-refractivity contribution in [3.05, 3.63) is 11.8 Å². The highest BCUT2D eigenvalue weighted by molar-refractivity contribution is 5.97. The Morgan fingerprint density at radius 1 is 1.23 bits per heavy atom. The molecule has 0 bridgehead atoms. The zero-order chi connectivity index (χ0) is 18.5. The Morgan fingerprint density at radius 3 is 2.58 bits per heavy atom. The van der Waals surface area contributed by atoms with Gasteiger partial charge in [-0.25, -0.2) is 4.98 Å². The maximum absolute atomic E-state index is 11.7. The highest BCUT2D eigenvalue weighted by Gasteiger charge is 2.25. The second-order valence-electron chi connectivity index (χ2n) is 7.45. The van der Waals surface area contributed by atoms with Crippen LogP contribution in [0, 0.1) is 5.92 Å². The molecule has 26 heavy (non-hydrogen) atoms. The van der Waals surface area contributed by atoms with Crippen molar-refractivity contribution in [1.29, 1.82) is 0 Å². The van der Waals surface area contributed by atoms with Crippen molar-refractivity contribution in [2.24, 2.45) is 11.7 Å². The van der Waals surface area contributed by atoms with Crippen LogP contribution in [0.2, 0.25) is 0 Å². The SMILES string of the molecule is COC[C@H]1CC[C@H](Nc2ncc(C(N)=O)c(N[C@H]3CCC(O)C3)n2)CC1. The lowest BCUT2D eigenvalue weighted by Crippen LogP contribution is -2.29. The smallest absolute Gasteiger partial charge is 0.254 e. The summed E-state index contributed by atoms with van der Waals surface area (Å²) in [5.41, 5.74) is 5.73. The lowest BCUT2D eigenvalue weighted by molar-refractivity contribution is 0.100. The predicted molar refractivity (Wildman–Crippen MR) is 99.1 cm³/mol. The van der Waals surface area contributed by atoms with Crippen molar-refractivity contribution < 1.29 is 14.6 Å². The molecule has 0 aromatic carbocycles. The Morgan fingerprint density at radius 2 is 1.96 bits per heavy atom. The Hall–Kier alpha value is -1.93. The topological polar surface area (TPSA) is 122 Å². The van der Waals surface area contributed by atoms with Gasteiger partial charge in [0.1, 0.15) is 5.82 Å². The van der Waals surface area contributed by atoms with E-state index in [2.05, 4.69) is 20.6 Å². The summed E-state index contributed by atoms with van der Waals surface area (Å²) in [6.45, 7) is 0.817. The molecule has 2 aliphatic rings. The number of nitrogens with two attached hydrogens (primary N) is 1. The molecule has 1 aromatic rings. The number of carbonyl (C=O) groups is 1. The van der Waals surface area contributed by atoms with Gasteiger partial charge in [0.05, 0.1) is 11.7 Å². The number of methoxy groups -OCH3 is 1. The highest BCUT2D eigenvalue weighted by Crippen LogP contribution is 2.27. The molecule has 1 unspecified atom stereocenters. The molecule has 0 saturated heterocycles. The standard InChI is InChI=1S/C18H29N5O3/c1-26-10-11-2-4-12(5-3-11)22-18-20-9-15(16(19)25)17(23-18)21-13-6-7-14(24)8-13/h9,11-14,24H,2-8,10H2,1H3,(H2,19,25)(H2,20,21,22,23)/t11-,12-,13-,14?/m0/s1. The number of hydrogen-bond acceptors (Lipinski definition) is 7. The van der Waals surface area contributed by atoms with E-state index in [0.29, 0.717) is 30.1 Å². The number of hydrogen-bond donors (Lipinski definition) is 4. The van der Waals surface area contributed by atoms with Crippen LogP contribution in [0.25, 0.3) is 0 Å². The fourth-order valence-electron chi connectivity index (χ4n) is 3.92. The van der Waals surface area contributed by atoms with Crippen LogP contribution in [0.1, 0.15) is 55.3 Å². The number of aliphatic hydroxyl groups excluding tert-OH is 1. The van der Waals surface area contributed by atoms with E-state index in [1.807, 2.05) is 0 Å². The molecular weight excluding hydrogens is 334 g/mol. The third-order valence-electron chi connectivity index (χ3n) is 5.38. The van der Waals surface area contributed by atoms with Crippen LogP contribution in [0.3, 0.4) is 0 Å². The summed E-state index contributed by atoms with van der Waals surface area (Å²) in [7, 11) is 1.75. The highest BCUT2D eigenvalue weighted by atomic mass is 16.5. The first kappa shape index (κ1) is 18.8. The second-order valence-corrected chi connectivity index (χ2v) is 7.45. The lowest BCUT2D eigenvalue weighted by atomic mass is 9.86. The van der Waals surface area contributed by atoms with Gasteiger partial charge in [-0.2, -0.15) is 4.98 Å². The maximum atomic E-state index is 11.7. The van der Waals surface area contributed by atoms with Crippen LogP contribution >= 0.6 is 0 Å². The van der Waals surface area contributed by atoms with E-state index in [1.54, 1.807) is 7.11 Å². The van der Waals surface area contributed by atoms with Crippen LogP contribution in [0.5, 0.6) is 0 Å². The van der Waals surface area contributed by atoms with Crippen molar-refractivity contribution in [2.75, 3.05) is 24.4 Å². The number of aromatic nitrogens is 2. The normalized spacial score (nSPS) is 28.7. The molecule has 0 radical (unpaired) electrons. The number of aliphatic hydroxyl groups is 1. The zero-order valence-electron chi connectivity index (χ0n) is 15.3. The molecule has 2 saturated carbocycles. The number of nitrogens with one attached hydrogen (secondary N) is 2. The van der Waals surface area contributed by atoms with Gasteiger partial charge < -0.3 is 26.2 Å². The van der Waals surface area contributed by atoms with E-state index in [0.717, 1.165) is 45.1 Å². The van der Waals surface area contributed by atoms with E-state index in [9.17, 15) is 9.90 Å². The summed E-state index contributed by atoms with van der Waals surface area (Å²) in [5, 5.41) is 16.3. The molecule has 1 amide bonds. The van der Waals surface area contributed by atoms with E-state index in [-0.39, 0.29) is 17.7 Å². The summed E-state index contributed by atoms with van der Waals surface area (Å²) in [6, 6.07) is 0.416. The van der Waals surface area contributed by atoms with Crippen LogP contribution in [0.4, 0.5) is 11.8 Å². The summed E-state index contributed by atoms with van der Waals surface area (Å²) >= 11 is 0. The van der Waals surface area contributed by atoms with Gasteiger partial charge in [0.25, 0.3) is 5.91 Å². The minimum atomic E-state index is -0.558. The summed E-state index contributed by atoms with van der Waals surface area (Å²) in [6.07, 6.45) is 7.76. The summed E-state index contributed by atoms with van der Waals surface area (Å²) in [5.74, 6) is 1.02. The summed E-state index contributed by atoms with van der Waals surface area (Å²) in [4.78, 5) is 20.4. The van der Waals surface area contributed by atoms with Crippen LogP contribution in [-0.2, 0) is 4.74 Å². The number of primary amides is 1. The summed E-state index contributed by atoms with van der Waals surface area (Å²) < 4.78 is 5.24. The van der Waals surface area contributed by atoms with E-state index >= 15 is 0 Å². The molecule has 2 fully saturated rings. The Balaban J connectivity index is 1.64. The van der Waals surface area contributed by atoms with Crippen LogP contribution in [-0.4, -0.2) is 52.9 Å². The molecule has 1 heterocycles. The fraction of sp³-hybridized carbons (Fsp3) is 0.722. The minimum absolute atomic E-state index is 0.0929. The van der Waals surface area contributed by atoms with Gasteiger partial charge in [0, 0.05) is 32.0 Å². The molecule has 0 spiro atoms. The van der Waals surface area contributed by atoms with Crippen molar-refractivity contribution in [3.63, 3.8) is 0 Å². The zero-order valence-corrected chi connectivity index (χ0v) is 15.3. The average Bonchev–Trinajstić information content (AvgIpc) is 3.02. The predicted octanol–water partition coefficient (Wildman–Crippen LogP) is 1.52. The van der Waals surface area contributed by atoms with Crippen molar-refractivity contribution in [2.45, 2.75) is 63.1 Å². The minimum Gasteiger partial charge on any atom is -0.393 e. The molecule has 1 aromatic heterocycles. The molecular formula is C18H29N5O3. The largest absolute Gasteiger partial charge is 0.393 e. The number of carbonyl (C=O) groups excluding carboxylic acids is 1. The van der Waals surface area contributed by atoms with Gasteiger partial charge in [-0.05, 0) is 50.9 Å². The number of nitrogens with zero attached hydrogens (tertiary/aromatic N) is 2. The lowest BCUT2D eigenvalue weighted by Gasteiger charge is -2.28. The number of anilines is 2. The van der Waals surface area contributed by atoms with Crippen LogP contribution < -0.4 is 16.4 Å². The first-order chi connectivity index (χ1) is 12.5. The van der Waals surface area contributed by atoms with Crippen molar-refractivity contribution in [1.82, 2.24) is 9.97 Å². The molecule has 0 aliphatic heterocycles. The second kappa shape index (κ2) is 8.64. The molecule has 144 valence electrons. The fourth-order valence-corrected chi connectivity index (χ4v) is 3.92. The first-order valence-electron chi connectivity index (χ1n) is 9.42. The van der Waals surface area contributed by atoms with Gasteiger partial charge in [-0.1, -0.05) is 0 Å². The van der Waals surface area contributed by atoms with Gasteiger partial charge in [0.2, 0.25) is 5.95 Å². The van der Waals surface area contributed by atoms with Crippen LogP contribution in [0.15, 0.2) is 6.20 Å². The maximum Gasteiger partial charge on any atom is 0.254 e. The third-order valence-corrected chi connectivity index (χ3v) is 5.38. The molecule has 8 heteroatoms. The molecule has 8 nitrogen and oxygen atoms in total. The van der Waals surface area contributed by atoms with E-state index in [1.165, 1.54) is 6.20 Å². The third kappa shape index (κ3) is 4.82. The first-order valence-corrected chi connectivity index (χ1v) is 9.42. The molecule has 2 aliphatic carbocycles. The van der Waals surface area contributed by atoms with Gasteiger partial charge in [0.15, 0.2) is 0 Å². The van der Waals surface area contributed by atoms with E-state index in [4.69, 9.17) is 10.5 Å². The number of amides is 1.